The van der Waals surface area contributed by atoms with E-state index in [1.54, 1.807) is 6.08 Å². The fourth-order valence-corrected chi connectivity index (χ4v) is 4.20. The van der Waals surface area contributed by atoms with Crippen molar-refractivity contribution < 1.29 is 4.39 Å². The average molecular weight is 446 g/mol. The van der Waals surface area contributed by atoms with E-state index in [0.29, 0.717) is 6.04 Å². The lowest BCUT2D eigenvalue weighted by molar-refractivity contribution is 0.186. The molecule has 3 aliphatic rings. The number of hydrogen-bond acceptors (Lipinski definition) is 5. The molecule has 28 heavy (non-hydrogen) atoms. The van der Waals surface area contributed by atoms with Gasteiger partial charge in [-0.15, -0.1) is 0 Å². The highest BCUT2D eigenvalue weighted by Crippen LogP contribution is 2.24. The number of pyridine rings is 1. The molecule has 1 aromatic heterocycles. The van der Waals surface area contributed by atoms with Crippen LogP contribution in [0.5, 0.6) is 0 Å². The van der Waals surface area contributed by atoms with Gasteiger partial charge in [0, 0.05) is 61.0 Å². The zero-order chi connectivity index (χ0) is 19.3. The van der Waals surface area contributed by atoms with E-state index in [4.69, 9.17) is 0 Å². The molecular weight excluding hydrogens is 421 g/mol. The maximum Gasteiger partial charge on any atom is 0.141 e. The second kappa shape index (κ2) is 9.03. The standard InChI is InChI=1S/C21H25BrFN5/c22-17-10-16(12-24-14-17)13-25-19-3-6-27(7-4-19)8-9-28-5-1-2-20-21(28)11-18(23)15-26-20/h1-2,5,10-12,14-15,19,25-26H,3-4,6-9,13H2. The molecule has 0 saturated carbocycles. The van der Waals surface area contributed by atoms with Gasteiger partial charge in [-0.3, -0.25) is 4.98 Å². The molecule has 0 spiro atoms. The summed E-state index contributed by atoms with van der Waals surface area (Å²) in [5.41, 5.74) is 3.06. The maximum atomic E-state index is 13.6. The van der Waals surface area contributed by atoms with E-state index in [9.17, 15) is 4.39 Å². The minimum atomic E-state index is -0.236. The predicted molar refractivity (Wildman–Crippen MR) is 113 cm³/mol. The Labute approximate surface area is 173 Å². The number of rotatable bonds is 6. The number of fused-ring (bicyclic) bond motifs is 1. The summed E-state index contributed by atoms with van der Waals surface area (Å²) < 4.78 is 14.6. The molecule has 0 radical (unpaired) electrons. The molecule has 1 aromatic rings. The highest BCUT2D eigenvalue weighted by atomic mass is 79.9. The number of likely N-dealkylation sites (tertiary alicyclic amines) is 1. The Bertz CT molecular complexity index is 824. The maximum absolute atomic E-state index is 13.6. The van der Waals surface area contributed by atoms with Gasteiger partial charge in [0.15, 0.2) is 0 Å². The fraction of sp³-hybridized carbons (Fsp3) is 0.381. The van der Waals surface area contributed by atoms with Crippen molar-refractivity contribution in [3.05, 3.63) is 76.3 Å². The highest BCUT2D eigenvalue weighted by Gasteiger charge is 2.22. The molecule has 1 saturated heterocycles. The molecule has 0 atom stereocenters. The Morgan fingerprint density at radius 3 is 2.93 bits per heavy atom. The summed E-state index contributed by atoms with van der Waals surface area (Å²) in [7, 11) is 0. The number of aromatic nitrogens is 1. The Kier molecular flexibility index (Phi) is 6.24. The van der Waals surface area contributed by atoms with E-state index in [-0.39, 0.29) is 5.83 Å². The second-order valence-electron chi connectivity index (χ2n) is 7.33. The molecule has 4 heterocycles. The van der Waals surface area contributed by atoms with Crippen molar-refractivity contribution in [2.75, 3.05) is 26.2 Å². The Balaban J connectivity index is 1.21. The zero-order valence-electron chi connectivity index (χ0n) is 15.7. The van der Waals surface area contributed by atoms with Gasteiger partial charge in [0.1, 0.15) is 5.83 Å². The van der Waals surface area contributed by atoms with Crippen LogP contribution in [0.15, 0.2) is 70.8 Å². The Hall–Kier alpha value is -1.96. The van der Waals surface area contributed by atoms with Crippen molar-refractivity contribution in [3.8, 4) is 0 Å². The van der Waals surface area contributed by atoms with Crippen LogP contribution >= 0.6 is 15.9 Å². The van der Waals surface area contributed by atoms with Gasteiger partial charge in [-0.2, -0.15) is 0 Å². The van der Waals surface area contributed by atoms with Gasteiger partial charge in [-0.1, -0.05) is 0 Å². The van der Waals surface area contributed by atoms with Crippen molar-refractivity contribution in [3.63, 3.8) is 0 Å². The summed E-state index contributed by atoms with van der Waals surface area (Å²) >= 11 is 3.47. The van der Waals surface area contributed by atoms with Crippen molar-refractivity contribution in [2.24, 2.45) is 0 Å². The van der Waals surface area contributed by atoms with E-state index in [0.717, 1.165) is 61.4 Å². The largest absolute Gasteiger partial charge is 0.357 e. The molecule has 7 heteroatoms. The minimum Gasteiger partial charge on any atom is -0.357 e. The lowest BCUT2D eigenvalue weighted by atomic mass is 10.0. The topological polar surface area (TPSA) is 43.4 Å². The number of halogens is 2. The van der Waals surface area contributed by atoms with Crippen LogP contribution in [0, 0.1) is 0 Å². The predicted octanol–water partition coefficient (Wildman–Crippen LogP) is 3.41. The van der Waals surface area contributed by atoms with Crippen molar-refractivity contribution in [1.29, 1.82) is 0 Å². The molecule has 0 bridgehead atoms. The van der Waals surface area contributed by atoms with Gasteiger partial charge in [0.25, 0.3) is 0 Å². The molecule has 3 aliphatic heterocycles. The van der Waals surface area contributed by atoms with Crippen LogP contribution in [-0.2, 0) is 6.54 Å². The number of nitrogens with zero attached hydrogens (tertiary/aromatic N) is 3. The van der Waals surface area contributed by atoms with Crippen molar-refractivity contribution >= 4 is 15.9 Å². The van der Waals surface area contributed by atoms with Crippen LogP contribution in [0.1, 0.15) is 18.4 Å². The normalized spacial score (nSPS) is 20.2. The molecule has 0 amide bonds. The number of hydrogen-bond donors (Lipinski definition) is 2. The summed E-state index contributed by atoms with van der Waals surface area (Å²) in [5, 5.41) is 6.66. The smallest absolute Gasteiger partial charge is 0.141 e. The van der Waals surface area contributed by atoms with Gasteiger partial charge in [-0.05, 0) is 65.6 Å². The van der Waals surface area contributed by atoms with Gasteiger partial charge in [0.05, 0.1) is 11.4 Å². The second-order valence-corrected chi connectivity index (χ2v) is 8.24. The number of dihydropyridines is 1. The van der Waals surface area contributed by atoms with Crippen molar-refractivity contribution in [1.82, 2.24) is 25.4 Å². The monoisotopic (exact) mass is 445 g/mol. The third-order valence-electron chi connectivity index (χ3n) is 5.36. The van der Waals surface area contributed by atoms with E-state index >= 15 is 0 Å². The first-order chi connectivity index (χ1) is 13.7. The van der Waals surface area contributed by atoms with Gasteiger partial charge in [0.2, 0.25) is 0 Å². The van der Waals surface area contributed by atoms with Crippen molar-refractivity contribution in [2.45, 2.75) is 25.4 Å². The van der Waals surface area contributed by atoms with E-state index in [2.05, 4.69) is 47.4 Å². The molecular formula is C21H25BrFN5. The van der Waals surface area contributed by atoms with Gasteiger partial charge < -0.3 is 20.4 Å². The number of allylic oxidation sites excluding steroid dienone is 4. The first-order valence-corrected chi connectivity index (χ1v) is 10.5. The quantitative estimate of drug-likeness (QED) is 0.702. The van der Waals surface area contributed by atoms with E-state index < -0.39 is 0 Å². The first-order valence-electron chi connectivity index (χ1n) is 9.72. The summed E-state index contributed by atoms with van der Waals surface area (Å²) in [6.07, 6.45) is 15.0. The van der Waals surface area contributed by atoms with Crippen LogP contribution in [-0.4, -0.2) is 47.0 Å². The highest BCUT2D eigenvalue weighted by molar-refractivity contribution is 9.10. The Morgan fingerprint density at radius 2 is 2.11 bits per heavy atom. The Morgan fingerprint density at radius 1 is 1.25 bits per heavy atom. The van der Waals surface area contributed by atoms with Crippen LogP contribution in [0.4, 0.5) is 4.39 Å². The fourth-order valence-electron chi connectivity index (χ4n) is 3.78. The molecule has 148 valence electrons. The van der Waals surface area contributed by atoms with Crippen LogP contribution in [0.25, 0.3) is 0 Å². The molecule has 5 nitrogen and oxygen atoms in total. The summed E-state index contributed by atoms with van der Waals surface area (Å²) in [4.78, 5) is 8.84. The summed E-state index contributed by atoms with van der Waals surface area (Å²) in [5.74, 6) is -0.236. The van der Waals surface area contributed by atoms with Crippen LogP contribution in [0.3, 0.4) is 0 Å². The third kappa shape index (κ3) is 4.90. The lowest BCUT2D eigenvalue weighted by Gasteiger charge is -2.35. The van der Waals surface area contributed by atoms with E-state index in [1.165, 1.54) is 11.8 Å². The molecule has 2 N–H and O–H groups in total. The molecule has 0 aromatic carbocycles. The molecule has 0 aliphatic carbocycles. The summed E-state index contributed by atoms with van der Waals surface area (Å²) in [6, 6.07) is 2.65. The molecule has 0 unspecified atom stereocenters. The zero-order valence-corrected chi connectivity index (χ0v) is 17.3. The minimum absolute atomic E-state index is 0.236. The van der Waals surface area contributed by atoms with Gasteiger partial charge >= 0.3 is 0 Å². The molecule has 1 fully saturated rings. The van der Waals surface area contributed by atoms with Gasteiger partial charge in [-0.25, -0.2) is 4.39 Å². The molecule has 4 rings (SSSR count). The summed E-state index contributed by atoms with van der Waals surface area (Å²) in [6.45, 7) is 4.85. The van der Waals surface area contributed by atoms with Crippen LogP contribution < -0.4 is 10.6 Å². The van der Waals surface area contributed by atoms with E-state index in [1.807, 2.05) is 30.7 Å². The SMILES string of the molecule is FC1=CNC2=CC=CN(CCN3CCC(NCc4cncc(Br)c4)CC3)C2=C1. The van der Waals surface area contributed by atoms with Crippen LogP contribution in [0.2, 0.25) is 0 Å². The average Bonchev–Trinajstić information content (AvgIpc) is 2.71. The third-order valence-corrected chi connectivity index (χ3v) is 5.79. The number of nitrogens with one attached hydrogen (secondary N) is 2. The number of piperidine rings is 1. The lowest BCUT2D eigenvalue weighted by Crippen LogP contribution is -2.44. The first kappa shape index (κ1) is 19.4.